The average Bonchev–Trinajstić information content (AvgIpc) is 2.98. The molecule has 2 N–H and O–H groups in total. The fourth-order valence-electron chi connectivity index (χ4n) is 1.95. The van der Waals surface area contributed by atoms with E-state index in [1.54, 1.807) is 18.5 Å². The van der Waals surface area contributed by atoms with Gasteiger partial charge in [-0.25, -0.2) is 4.39 Å². The van der Waals surface area contributed by atoms with Crippen LogP contribution >= 0.6 is 0 Å². The smallest absolute Gasteiger partial charge is 0.251 e. The number of amides is 1. The first-order valence-electron chi connectivity index (χ1n) is 6.22. The van der Waals surface area contributed by atoms with Crippen LogP contribution in [0.5, 0.6) is 5.75 Å². The van der Waals surface area contributed by atoms with Crippen LogP contribution in [0.4, 0.5) is 4.39 Å². The van der Waals surface area contributed by atoms with E-state index in [1.165, 1.54) is 20.2 Å². The third kappa shape index (κ3) is 2.96. The van der Waals surface area contributed by atoms with Gasteiger partial charge < -0.3 is 10.1 Å². The fraction of sp³-hybridized carbons (Fsp3) is 0.286. The van der Waals surface area contributed by atoms with Gasteiger partial charge in [0.25, 0.3) is 5.91 Å². The van der Waals surface area contributed by atoms with Gasteiger partial charge in [-0.2, -0.15) is 5.10 Å². The van der Waals surface area contributed by atoms with E-state index in [4.69, 9.17) is 4.74 Å². The minimum Gasteiger partial charge on any atom is -0.494 e. The van der Waals surface area contributed by atoms with Crippen molar-refractivity contribution in [1.29, 1.82) is 0 Å². The highest BCUT2D eigenvalue weighted by Gasteiger charge is 2.15. The summed E-state index contributed by atoms with van der Waals surface area (Å²) in [6.07, 6.45) is 4.55. The number of hydrogen-bond donors (Lipinski definition) is 2. The lowest BCUT2D eigenvalue weighted by Crippen LogP contribution is -2.18. The zero-order chi connectivity index (χ0) is 14.5. The summed E-state index contributed by atoms with van der Waals surface area (Å²) in [4.78, 5) is 11.7. The maximum Gasteiger partial charge on any atom is 0.251 e. The number of hydrogen-bond acceptors (Lipinski definition) is 3. The van der Waals surface area contributed by atoms with Gasteiger partial charge in [-0.1, -0.05) is 0 Å². The molecule has 1 aromatic carbocycles. The molecule has 0 saturated carbocycles. The van der Waals surface area contributed by atoms with Crippen LogP contribution in [0.1, 0.15) is 21.5 Å². The number of benzene rings is 1. The normalized spacial score (nSPS) is 10.3. The second kappa shape index (κ2) is 6.18. The molecule has 0 fully saturated rings. The summed E-state index contributed by atoms with van der Waals surface area (Å²) >= 11 is 0. The van der Waals surface area contributed by atoms with E-state index in [1.807, 2.05) is 0 Å². The van der Waals surface area contributed by atoms with Crippen molar-refractivity contribution in [3.05, 3.63) is 47.0 Å². The monoisotopic (exact) mass is 277 g/mol. The standard InChI is InChI=1S/C14H16FN3O2/c1-16-14(19)11-5-10(13(15)12(6-11)20-2)4-3-9-7-17-18-8-9/h5-8H,3-4H2,1-2H3,(H,16,19)(H,17,18). The molecule has 20 heavy (non-hydrogen) atoms. The van der Waals surface area contributed by atoms with Gasteiger partial charge in [-0.05, 0) is 36.1 Å². The Balaban J connectivity index is 2.27. The van der Waals surface area contributed by atoms with Crippen LogP contribution in [-0.2, 0) is 12.8 Å². The van der Waals surface area contributed by atoms with Crippen molar-refractivity contribution in [2.45, 2.75) is 12.8 Å². The fourth-order valence-corrected chi connectivity index (χ4v) is 1.95. The molecule has 0 atom stereocenters. The van der Waals surface area contributed by atoms with Crippen molar-refractivity contribution >= 4 is 5.91 Å². The van der Waals surface area contributed by atoms with Crippen LogP contribution < -0.4 is 10.1 Å². The van der Waals surface area contributed by atoms with Crippen LogP contribution in [0.2, 0.25) is 0 Å². The Morgan fingerprint density at radius 3 is 2.85 bits per heavy atom. The van der Waals surface area contributed by atoms with Gasteiger partial charge in [-0.3, -0.25) is 9.89 Å². The Morgan fingerprint density at radius 2 is 2.25 bits per heavy atom. The van der Waals surface area contributed by atoms with Gasteiger partial charge in [0.2, 0.25) is 0 Å². The molecular weight excluding hydrogens is 261 g/mol. The molecule has 0 aliphatic rings. The molecule has 0 spiro atoms. The highest BCUT2D eigenvalue weighted by molar-refractivity contribution is 5.94. The molecule has 0 radical (unpaired) electrons. The molecule has 6 heteroatoms. The predicted molar refractivity (Wildman–Crippen MR) is 72.3 cm³/mol. The van der Waals surface area contributed by atoms with Crippen molar-refractivity contribution < 1.29 is 13.9 Å². The molecular formula is C14H16FN3O2. The van der Waals surface area contributed by atoms with Crippen molar-refractivity contribution in [1.82, 2.24) is 15.5 Å². The van der Waals surface area contributed by atoms with Crippen LogP contribution in [-0.4, -0.2) is 30.3 Å². The van der Waals surface area contributed by atoms with E-state index < -0.39 is 5.82 Å². The number of methoxy groups -OCH3 is 1. The van der Waals surface area contributed by atoms with Crippen LogP contribution in [0, 0.1) is 5.82 Å². The largest absolute Gasteiger partial charge is 0.494 e. The number of carbonyl (C=O) groups is 1. The maximum atomic E-state index is 14.2. The molecule has 0 aliphatic carbocycles. The highest BCUT2D eigenvalue weighted by atomic mass is 19.1. The molecule has 1 aromatic heterocycles. The number of aromatic amines is 1. The second-order valence-electron chi connectivity index (χ2n) is 4.34. The first-order chi connectivity index (χ1) is 9.65. The van der Waals surface area contributed by atoms with Gasteiger partial charge in [0.1, 0.15) is 0 Å². The summed E-state index contributed by atoms with van der Waals surface area (Å²) < 4.78 is 19.2. The van der Waals surface area contributed by atoms with Crippen LogP contribution in [0.25, 0.3) is 0 Å². The lowest BCUT2D eigenvalue weighted by Gasteiger charge is -2.10. The third-order valence-corrected chi connectivity index (χ3v) is 3.06. The van der Waals surface area contributed by atoms with Gasteiger partial charge in [0.05, 0.1) is 13.3 Å². The van der Waals surface area contributed by atoms with E-state index in [9.17, 15) is 9.18 Å². The number of rotatable bonds is 5. The van der Waals surface area contributed by atoms with Gasteiger partial charge in [0.15, 0.2) is 11.6 Å². The van der Waals surface area contributed by atoms with Crippen molar-refractivity contribution in [2.24, 2.45) is 0 Å². The van der Waals surface area contributed by atoms with E-state index >= 15 is 0 Å². The Labute approximate surface area is 116 Å². The maximum absolute atomic E-state index is 14.2. The molecule has 1 amide bonds. The minimum absolute atomic E-state index is 0.0771. The van der Waals surface area contributed by atoms with E-state index in [0.29, 0.717) is 24.0 Å². The average molecular weight is 277 g/mol. The number of aryl methyl sites for hydroxylation is 2. The lowest BCUT2D eigenvalue weighted by molar-refractivity contribution is 0.0962. The molecule has 0 aliphatic heterocycles. The third-order valence-electron chi connectivity index (χ3n) is 3.06. The molecule has 2 rings (SSSR count). The summed E-state index contributed by atoms with van der Waals surface area (Å²) in [7, 11) is 2.91. The van der Waals surface area contributed by atoms with Gasteiger partial charge in [0, 0.05) is 18.8 Å². The molecule has 0 unspecified atom stereocenters. The van der Waals surface area contributed by atoms with Crippen molar-refractivity contribution in [2.75, 3.05) is 14.2 Å². The number of nitrogens with zero attached hydrogens (tertiary/aromatic N) is 1. The SMILES string of the molecule is CNC(=O)c1cc(CCc2cn[nH]c2)c(F)c(OC)c1. The molecule has 0 bridgehead atoms. The number of aromatic nitrogens is 2. The summed E-state index contributed by atoms with van der Waals surface area (Å²) in [6.45, 7) is 0. The number of ether oxygens (including phenoxy) is 1. The Kier molecular flexibility index (Phi) is 4.34. The summed E-state index contributed by atoms with van der Waals surface area (Å²) in [5.74, 6) is -0.621. The van der Waals surface area contributed by atoms with E-state index in [-0.39, 0.29) is 11.7 Å². The van der Waals surface area contributed by atoms with E-state index in [2.05, 4.69) is 15.5 Å². The first-order valence-corrected chi connectivity index (χ1v) is 6.22. The van der Waals surface area contributed by atoms with Crippen molar-refractivity contribution in [3.63, 3.8) is 0 Å². The minimum atomic E-state index is -0.427. The molecule has 0 saturated heterocycles. The molecule has 2 aromatic rings. The quantitative estimate of drug-likeness (QED) is 0.874. The number of H-pyrrole nitrogens is 1. The van der Waals surface area contributed by atoms with Crippen LogP contribution in [0.15, 0.2) is 24.5 Å². The number of halogens is 1. The Hall–Kier alpha value is -2.37. The second-order valence-corrected chi connectivity index (χ2v) is 4.34. The van der Waals surface area contributed by atoms with Crippen LogP contribution in [0.3, 0.4) is 0 Å². The summed E-state index contributed by atoms with van der Waals surface area (Å²) in [5, 5.41) is 9.07. The van der Waals surface area contributed by atoms with Gasteiger partial charge >= 0.3 is 0 Å². The Morgan fingerprint density at radius 1 is 1.45 bits per heavy atom. The Bertz CT molecular complexity index is 597. The molecule has 106 valence electrons. The highest BCUT2D eigenvalue weighted by Crippen LogP contribution is 2.24. The zero-order valence-corrected chi connectivity index (χ0v) is 11.4. The summed E-state index contributed by atoms with van der Waals surface area (Å²) in [6, 6.07) is 2.95. The zero-order valence-electron chi connectivity index (χ0n) is 11.4. The molecule has 1 heterocycles. The predicted octanol–water partition coefficient (Wildman–Crippen LogP) is 1.70. The molecule has 5 nitrogen and oxygen atoms in total. The topological polar surface area (TPSA) is 67.0 Å². The summed E-state index contributed by atoms with van der Waals surface area (Å²) in [5.41, 5.74) is 1.81. The van der Waals surface area contributed by atoms with Gasteiger partial charge in [-0.15, -0.1) is 0 Å². The van der Waals surface area contributed by atoms with E-state index in [0.717, 1.165) is 5.56 Å². The van der Waals surface area contributed by atoms with Crippen molar-refractivity contribution in [3.8, 4) is 5.75 Å². The first kappa shape index (κ1) is 14.0. The number of nitrogens with one attached hydrogen (secondary N) is 2. The number of carbonyl (C=O) groups excluding carboxylic acids is 1. The lowest BCUT2D eigenvalue weighted by atomic mass is 10.0.